The molecule has 0 aromatic heterocycles. The monoisotopic (exact) mass is 290 g/mol. The van der Waals surface area contributed by atoms with Crippen LogP contribution in [0.2, 0.25) is 10.0 Å². The van der Waals surface area contributed by atoms with Crippen LogP contribution in [-0.4, -0.2) is 26.2 Å². The molecule has 4 heteroatoms. The van der Waals surface area contributed by atoms with Crippen LogP contribution in [0.3, 0.4) is 0 Å². The summed E-state index contributed by atoms with van der Waals surface area (Å²) in [6, 6.07) is 5.29. The van der Waals surface area contributed by atoms with Crippen molar-refractivity contribution in [2.24, 2.45) is 0 Å². The number of rotatable bonds is 8. The fraction of sp³-hybridized carbons (Fsp3) is 0.571. The molecule has 0 saturated carbocycles. The largest absolute Gasteiger partial charge is 0.492 e. The van der Waals surface area contributed by atoms with Crippen LogP contribution >= 0.6 is 23.2 Å². The average Bonchev–Trinajstić information content (AvgIpc) is 2.38. The lowest BCUT2D eigenvalue weighted by Crippen LogP contribution is -3.11. The standard InChI is InChI=1S/C14H21Cl2NO/c1-3-17(4-2)9-5-6-10-18-14-11-12(15)7-8-13(14)16/h7-8,11H,3-6,9-10H2,1-2H3/p+1. The molecule has 0 aliphatic rings. The molecular weight excluding hydrogens is 269 g/mol. The van der Waals surface area contributed by atoms with Gasteiger partial charge in [-0.1, -0.05) is 23.2 Å². The van der Waals surface area contributed by atoms with Crippen LogP contribution in [0.1, 0.15) is 26.7 Å². The van der Waals surface area contributed by atoms with Crippen LogP contribution in [0.25, 0.3) is 0 Å². The van der Waals surface area contributed by atoms with Crippen LogP contribution in [-0.2, 0) is 0 Å². The predicted octanol–water partition coefficient (Wildman–Crippen LogP) is 3.08. The van der Waals surface area contributed by atoms with Crippen LogP contribution in [0, 0.1) is 0 Å². The molecule has 2 nitrogen and oxygen atoms in total. The van der Waals surface area contributed by atoms with Crippen molar-refractivity contribution in [2.75, 3.05) is 26.2 Å². The van der Waals surface area contributed by atoms with Gasteiger partial charge in [0.1, 0.15) is 5.75 Å². The molecule has 0 saturated heterocycles. The van der Waals surface area contributed by atoms with E-state index in [-0.39, 0.29) is 0 Å². The molecule has 0 aliphatic carbocycles. The Labute approximate surface area is 120 Å². The molecule has 0 fully saturated rings. The lowest BCUT2D eigenvalue weighted by Gasteiger charge is -2.15. The van der Waals surface area contributed by atoms with E-state index < -0.39 is 0 Å². The minimum absolute atomic E-state index is 0.619. The van der Waals surface area contributed by atoms with Crippen molar-refractivity contribution >= 4 is 23.2 Å². The Hall–Kier alpha value is -0.440. The Morgan fingerprint density at radius 2 is 1.83 bits per heavy atom. The summed E-state index contributed by atoms with van der Waals surface area (Å²) >= 11 is 11.9. The molecule has 0 amide bonds. The second-order valence-corrected chi connectivity index (χ2v) is 5.18. The van der Waals surface area contributed by atoms with Gasteiger partial charge in [-0.15, -0.1) is 0 Å². The van der Waals surface area contributed by atoms with Gasteiger partial charge in [-0.3, -0.25) is 0 Å². The Balaban J connectivity index is 2.23. The van der Waals surface area contributed by atoms with Crippen molar-refractivity contribution < 1.29 is 9.64 Å². The highest BCUT2D eigenvalue weighted by molar-refractivity contribution is 6.34. The van der Waals surface area contributed by atoms with E-state index in [9.17, 15) is 0 Å². The minimum Gasteiger partial charge on any atom is -0.492 e. The lowest BCUT2D eigenvalue weighted by molar-refractivity contribution is -0.896. The SMILES string of the molecule is CC[NH+](CC)CCCCOc1cc(Cl)ccc1Cl. The van der Waals surface area contributed by atoms with Gasteiger partial charge in [0, 0.05) is 11.1 Å². The molecule has 18 heavy (non-hydrogen) atoms. The smallest absolute Gasteiger partial charge is 0.139 e. The molecule has 1 aromatic carbocycles. The molecule has 0 aliphatic heterocycles. The number of hydrogen-bond donors (Lipinski definition) is 1. The first-order valence-corrected chi connectivity index (χ1v) is 7.34. The van der Waals surface area contributed by atoms with E-state index in [1.807, 2.05) is 0 Å². The van der Waals surface area contributed by atoms with Crippen LogP contribution in [0.4, 0.5) is 0 Å². The summed E-state index contributed by atoms with van der Waals surface area (Å²) in [4.78, 5) is 1.63. The summed E-state index contributed by atoms with van der Waals surface area (Å²) in [5, 5.41) is 1.27. The lowest BCUT2D eigenvalue weighted by atomic mass is 10.3. The Morgan fingerprint density at radius 3 is 2.50 bits per heavy atom. The molecule has 0 atom stereocenters. The summed E-state index contributed by atoms with van der Waals surface area (Å²) in [6.45, 7) is 8.73. The number of nitrogens with one attached hydrogen (secondary N) is 1. The number of benzene rings is 1. The first-order valence-electron chi connectivity index (χ1n) is 6.58. The number of unbranched alkanes of at least 4 members (excludes halogenated alkanes) is 1. The van der Waals surface area contributed by atoms with Gasteiger partial charge in [0.25, 0.3) is 0 Å². The van der Waals surface area contributed by atoms with Gasteiger partial charge in [0.2, 0.25) is 0 Å². The zero-order chi connectivity index (χ0) is 13.4. The Bertz CT molecular complexity index is 354. The van der Waals surface area contributed by atoms with Crippen molar-refractivity contribution in [3.63, 3.8) is 0 Å². The molecule has 0 bridgehead atoms. The van der Waals surface area contributed by atoms with Crippen LogP contribution in [0.5, 0.6) is 5.75 Å². The first kappa shape index (κ1) is 15.6. The fourth-order valence-corrected chi connectivity index (χ4v) is 2.18. The van der Waals surface area contributed by atoms with E-state index in [2.05, 4.69) is 13.8 Å². The predicted molar refractivity (Wildman–Crippen MR) is 78.1 cm³/mol. The minimum atomic E-state index is 0.619. The molecular formula is C14H22Cl2NO+. The van der Waals surface area contributed by atoms with E-state index in [0.29, 0.717) is 22.4 Å². The Morgan fingerprint density at radius 1 is 1.11 bits per heavy atom. The summed E-state index contributed by atoms with van der Waals surface area (Å²) in [5.74, 6) is 0.680. The summed E-state index contributed by atoms with van der Waals surface area (Å²) in [6.07, 6.45) is 2.22. The van der Waals surface area contributed by atoms with Crippen LogP contribution in [0.15, 0.2) is 18.2 Å². The quantitative estimate of drug-likeness (QED) is 0.727. The van der Waals surface area contributed by atoms with E-state index in [1.54, 1.807) is 23.1 Å². The van der Waals surface area contributed by atoms with Gasteiger partial charge >= 0.3 is 0 Å². The van der Waals surface area contributed by atoms with Gasteiger partial charge in [-0.25, -0.2) is 0 Å². The average molecular weight is 291 g/mol. The molecule has 1 rings (SSSR count). The molecule has 0 spiro atoms. The van der Waals surface area contributed by atoms with Crippen molar-refractivity contribution in [3.8, 4) is 5.75 Å². The van der Waals surface area contributed by atoms with Gasteiger partial charge in [0.15, 0.2) is 0 Å². The normalized spacial score (nSPS) is 10.9. The fourth-order valence-electron chi connectivity index (χ4n) is 1.85. The van der Waals surface area contributed by atoms with Crippen molar-refractivity contribution in [3.05, 3.63) is 28.2 Å². The molecule has 1 aromatic rings. The molecule has 0 unspecified atom stereocenters. The van der Waals surface area contributed by atoms with Gasteiger partial charge < -0.3 is 9.64 Å². The van der Waals surface area contributed by atoms with Crippen molar-refractivity contribution in [1.29, 1.82) is 0 Å². The topological polar surface area (TPSA) is 13.7 Å². The highest BCUT2D eigenvalue weighted by Crippen LogP contribution is 2.27. The molecule has 0 heterocycles. The third kappa shape index (κ3) is 5.47. The number of halogens is 2. The van der Waals surface area contributed by atoms with Gasteiger partial charge in [-0.2, -0.15) is 0 Å². The molecule has 0 radical (unpaired) electrons. The summed E-state index contributed by atoms with van der Waals surface area (Å²) < 4.78 is 5.64. The summed E-state index contributed by atoms with van der Waals surface area (Å²) in [5.41, 5.74) is 0. The Kier molecular flexibility index (Phi) is 7.48. The summed E-state index contributed by atoms with van der Waals surface area (Å²) in [7, 11) is 0. The van der Waals surface area contributed by atoms with E-state index in [1.165, 1.54) is 26.1 Å². The van der Waals surface area contributed by atoms with Crippen LogP contribution < -0.4 is 9.64 Å². The van der Waals surface area contributed by atoms with E-state index in [0.717, 1.165) is 6.42 Å². The van der Waals surface area contributed by atoms with Gasteiger partial charge in [0.05, 0.1) is 31.3 Å². The highest BCUT2D eigenvalue weighted by atomic mass is 35.5. The third-order valence-electron chi connectivity index (χ3n) is 3.08. The van der Waals surface area contributed by atoms with E-state index in [4.69, 9.17) is 27.9 Å². The third-order valence-corrected chi connectivity index (χ3v) is 3.62. The maximum absolute atomic E-state index is 6.02. The number of hydrogen-bond acceptors (Lipinski definition) is 1. The molecule has 102 valence electrons. The first-order chi connectivity index (χ1) is 8.67. The maximum atomic E-state index is 6.02. The zero-order valence-corrected chi connectivity index (χ0v) is 12.7. The van der Waals surface area contributed by atoms with E-state index >= 15 is 0 Å². The highest BCUT2D eigenvalue weighted by Gasteiger charge is 2.04. The number of ether oxygens (including phenoxy) is 1. The van der Waals surface area contributed by atoms with Gasteiger partial charge in [-0.05, 0) is 38.8 Å². The maximum Gasteiger partial charge on any atom is 0.139 e. The number of quaternary nitrogens is 1. The molecule has 1 N–H and O–H groups in total. The van der Waals surface area contributed by atoms with Crippen molar-refractivity contribution in [2.45, 2.75) is 26.7 Å². The zero-order valence-electron chi connectivity index (χ0n) is 11.1. The van der Waals surface area contributed by atoms with Crippen molar-refractivity contribution in [1.82, 2.24) is 0 Å². The second kappa shape index (κ2) is 8.63. The second-order valence-electron chi connectivity index (χ2n) is 4.34.